The lowest BCUT2D eigenvalue weighted by atomic mass is 10.1. The smallest absolute Gasteiger partial charge is 0.185 e. The van der Waals surface area contributed by atoms with E-state index in [-0.39, 0.29) is 5.78 Å². The Hall–Kier alpha value is -2.07. The fourth-order valence-electron chi connectivity index (χ4n) is 1.94. The maximum absolute atomic E-state index is 12.1. The number of hydrogen-bond acceptors (Lipinski definition) is 3. The van der Waals surface area contributed by atoms with Crippen molar-refractivity contribution < 1.29 is 14.3 Å². The van der Waals surface area contributed by atoms with Gasteiger partial charge in [0.1, 0.15) is 0 Å². The van der Waals surface area contributed by atoms with Gasteiger partial charge in [-0.25, -0.2) is 0 Å². The predicted molar refractivity (Wildman–Crippen MR) is 91.7 cm³/mol. The Kier molecular flexibility index (Phi) is 5.78. The van der Waals surface area contributed by atoms with Crippen LogP contribution >= 0.6 is 15.9 Å². The number of methoxy groups -OCH3 is 1. The number of carbonyl (C=O) groups excluding carboxylic acids is 1. The lowest BCUT2D eigenvalue weighted by molar-refractivity contribution is 0.104. The van der Waals surface area contributed by atoms with E-state index in [2.05, 4.69) is 15.9 Å². The van der Waals surface area contributed by atoms with Crippen LogP contribution in [-0.4, -0.2) is 19.5 Å². The quantitative estimate of drug-likeness (QED) is 0.550. The molecule has 0 atom stereocenters. The zero-order chi connectivity index (χ0) is 15.9. The summed E-state index contributed by atoms with van der Waals surface area (Å²) in [5.74, 6) is 1.31. The minimum atomic E-state index is -0.0413. The zero-order valence-corrected chi connectivity index (χ0v) is 14.1. The van der Waals surface area contributed by atoms with Crippen molar-refractivity contribution in [1.82, 2.24) is 0 Å². The van der Waals surface area contributed by atoms with E-state index < -0.39 is 0 Å². The molecule has 0 aliphatic rings. The van der Waals surface area contributed by atoms with E-state index in [9.17, 15) is 4.79 Å². The molecule has 0 bridgehead atoms. The molecule has 0 aromatic heterocycles. The van der Waals surface area contributed by atoms with Crippen molar-refractivity contribution in [3.8, 4) is 11.5 Å². The van der Waals surface area contributed by atoms with Crippen molar-refractivity contribution in [2.45, 2.75) is 6.92 Å². The Morgan fingerprint density at radius 2 is 1.86 bits per heavy atom. The van der Waals surface area contributed by atoms with Crippen LogP contribution in [0.1, 0.15) is 22.8 Å². The highest BCUT2D eigenvalue weighted by atomic mass is 79.9. The van der Waals surface area contributed by atoms with Crippen LogP contribution in [0.3, 0.4) is 0 Å². The van der Waals surface area contributed by atoms with Crippen LogP contribution in [0.25, 0.3) is 6.08 Å². The summed E-state index contributed by atoms with van der Waals surface area (Å²) >= 11 is 3.35. The predicted octanol–water partition coefficient (Wildman–Crippen LogP) is 4.75. The Labute approximate surface area is 138 Å². The first-order chi connectivity index (χ1) is 10.6. The van der Waals surface area contributed by atoms with Crippen LogP contribution in [0, 0.1) is 0 Å². The van der Waals surface area contributed by atoms with Gasteiger partial charge in [-0.05, 0) is 55.0 Å². The summed E-state index contributed by atoms with van der Waals surface area (Å²) in [6.07, 6.45) is 3.32. The van der Waals surface area contributed by atoms with Crippen LogP contribution in [0.4, 0.5) is 0 Å². The minimum Gasteiger partial charge on any atom is -0.493 e. The van der Waals surface area contributed by atoms with Crippen molar-refractivity contribution >= 4 is 27.8 Å². The summed E-state index contributed by atoms with van der Waals surface area (Å²) in [7, 11) is 1.60. The Morgan fingerprint density at radius 3 is 2.50 bits per heavy atom. The number of ketones is 1. The number of hydrogen-bond donors (Lipinski definition) is 0. The first-order valence-electron chi connectivity index (χ1n) is 6.93. The van der Waals surface area contributed by atoms with Gasteiger partial charge in [0.15, 0.2) is 17.3 Å². The Morgan fingerprint density at radius 1 is 1.14 bits per heavy atom. The van der Waals surface area contributed by atoms with Crippen LogP contribution in [0.2, 0.25) is 0 Å². The first-order valence-corrected chi connectivity index (χ1v) is 7.72. The van der Waals surface area contributed by atoms with Gasteiger partial charge in [-0.15, -0.1) is 0 Å². The third kappa shape index (κ3) is 4.21. The van der Waals surface area contributed by atoms with E-state index >= 15 is 0 Å². The van der Waals surface area contributed by atoms with Gasteiger partial charge in [0.2, 0.25) is 0 Å². The molecule has 22 heavy (non-hydrogen) atoms. The lowest BCUT2D eigenvalue weighted by Gasteiger charge is -2.09. The molecule has 0 spiro atoms. The molecule has 0 aliphatic carbocycles. The van der Waals surface area contributed by atoms with Gasteiger partial charge in [0, 0.05) is 10.0 Å². The third-order valence-electron chi connectivity index (χ3n) is 3.04. The monoisotopic (exact) mass is 360 g/mol. The molecule has 3 nitrogen and oxygen atoms in total. The summed E-state index contributed by atoms with van der Waals surface area (Å²) in [5, 5.41) is 0. The molecule has 0 radical (unpaired) electrons. The highest BCUT2D eigenvalue weighted by molar-refractivity contribution is 9.10. The number of halogens is 1. The molecule has 0 N–H and O–H groups in total. The van der Waals surface area contributed by atoms with E-state index in [0.29, 0.717) is 23.7 Å². The number of rotatable bonds is 6. The van der Waals surface area contributed by atoms with Gasteiger partial charge < -0.3 is 9.47 Å². The summed E-state index contributed by atoms with van der Waals surface area (Å²) in [4.78, 5) is 12.1. The van der Waals surface area contributed by atoms with Gasteiger partial charge in [0.05, 0.1) is 13.7 Å². The number of allylic oxidation sites excluding steroid dienone is 1. The van der Waals surface area contributed by atoms with Crippen LogP contribution in [-0.2, 0) is 0 Å². The van der Waals surface area contributed by atoms with E-state index in [0.717, 1.165) is 10.0 Å². The molecule has 0 heterocycles. The zero-order valence-electron chi connectivity index (χ0n) is 12.5. The van der Waals surface area contributed by atoms with Crippen LogP contribution < -0.4 is 9.47 Å². The summed E-state index contributed by atoms with van der Waals surface area (Å²) in [6, 6.07) is 12.8. The Balaban J connectivity index is 2.15. The lowest BCUT2D eigenvalue weighted by Crippen LogP contribution is -1.96. The molecule has 0 amide bonds. The van der Waals surface area contributed by atoms with Crippen LogP contribution in [0.5, 0.6) is 11.5 Å². The topological polar surface area (TPSA) is 35.5 Å². The van der Waals surface area contributed by atoms with Gasteiger partial charge in [0.25, 0.3) is 0 Å². The van der Waals surface area contributed by atoms with Gasteiger partial charge in [-0.2, -0.15) is 0 Å². The standard InChI is InChI=1S/C18H17BrO3/c1-3-22-17-11-5-13(12-18(17)21-2)4-10-16(20)14-6-8-15(19)9-7-14/h4-12H,3H2,1-2H3/b10-4-. The average molecular weight is 361 g/mol. The molecule has 2 rings (SSSR count). The fraction of sp³-hybridized carbons (Fsp3) is 0.167. The van der Waals surface area contributed by atoms with Crippen molar-refractivity contribution in [2.24, 2.45) is 0 Å². The molecule has 2 aromatic rings. The second-order valence-electron chi connectivity index (χ2n) is 4.55. The second-order valence-corrected chi connectivity index (χ2v) is 5.46. The Bertz CT molecular complexity index is 675. The van der Waals surface area contributed by atoms with Crippen molar-refractivity contribution in [1.29, 1.82) is 0 Å². The number of ether oxygens (including phenoxy) is 2. The summed E-state index contributed by atoms with van der Waals surface area (Å²) in [5.41, 5.74) is 1.53. The van der Waals surface area contributed by atoms with E-state index in [1.54, 1.807) is 31.4 Å². The van der Waals surface area contributed by atoms with E-state index in [1.165, 1.54) is 0 Å². The normalized spacial score (nSPS) is 10.7. The highest BCUT2D eigenvalue weighted by Crippen LogP contribution is 2.28. The molecule has 0 unspecified atom stereocenters. The van der Waals surface area contributed by atoms with Gasteiger partial charge in [-0.1, -0.05) is 28.1 Å². The minimum absolute atomic E-state index is 0.0413. The number of benzene rings is 2. The SMILES string of the molecule is CCOc1ccc(/C=C\C(=O)c2ccc(Br)cc2)cc1OC. The largest absolute Gasteiger partial charge is 0.493 e. The number of carbonyl (C=O) groups is 1. The molecule has 0 fully saturated rings. The highest BCUT2D eigenvalue weighted by Gasteiger charge is 2.05. The fourth-order valence-corrected chi connectivity index (χ4v) is 2.21. The summed E-state index contributed by atoms with van der Waals surface area (Å²) < 4.78 is 11.7. The van der Waals surface area contributed by atoms with Gasteiger partial charge in [-0.3, -0.25) is 4.79 Å². The first kappa shape index (κ1) is 16.3. The summed E-state index contributed by atoms with van der Waals surface area (Å²) in [6.45, 7) is 2.50. The third-order valence-corrected chi connectivity index (χ3v) is 3.57. The van der Waals surface area contributed by atoms with E-state index in [4.69, 9.17) is 9.47 Å². The molecular weight excluding hydrogens is 344 g/mol. The van der Waals surface area contributed by atoms with Crippen molar-refractivity contribution in [3.63, 3.8) is 0 Å². The maximum Gasteiger partial charge on any atom is 0.185 e. The molecule has 0 saturated heterocycles. The molecule has 114 valence electrons. The van der Waals surface area contributed by atoms with Crippen LogP contribution in [0.15, 0.2) is 53.0 Å². The van der Waals surface area contributed by atoms with Crippen molar-refractivity contribution in [3.05, 3.63) is 64.1 Å². The molecular formula is C18H17BrO3. The maximum atomic E-state index is 12.1. The van der Waals surface area contributed by atoms with Gasteiger partial charge >= 0.3 is 0 Å². The van der Waals surface area contributed by atoms with Crippen molar-refractivity contribution in [2.75, 3.05) is 13.7 Å². The van der Waals surface area contributed by atoms with E-state index in [1.807, 2.05) is 37.3 Å². The molecule has 0 saturated carbocycles. The average Bonchev–Trinajstić information content (AvgIpc) is 2.54. The molecule has 4 heteroatoms. The second kappa shape index (κ2) is 7.80. The molecule has 2 aromatic carbocycles. The molecule has 0 aliphatic heterocycles.